The molecule has 5 heteroatoms. The van der Waals surface area contributed by atoms with Crippen LogP contribution >= 0.6 is 24.0 Å². The van der Waals surface area contributed by atoms with Gasteiger partial charge in [0, 0.05) is 19.6 Å². The van der Waals surface area contributed by atoms with Gasteiger partial charge in [-0.15, -0.1) is 24.0 Å². The van der Waals surface area contributed by atoms with Gasteiger partial charge >= 0.3 is 0 Å². The molecule has 2 fully saturated rings. The van der Waals surface area contributed by atoms with Crippen molar-refractivity contribution >= 4 is 29.9 Å². The quantitative estimate of drug-likeness (QED) is 0.459. The number of nitrogens with one attached hydrogen (secondary N) is 1. The molecule has 1 aliphatic carbocycles. The number of likely N-dealkylation sites (tertiary alicyclic amines) is 1. The highest BCUT2D eigenvalue weighted by atomic mass is 127. The van der Waals surface area contributed by atoms with Crippen LogP contribution in [0.4, 0.5) is 0 Å². The van der Waals surface area contributed by atoms with Crippen molar-refractivity contribution in [2.24, 2.45) is 10.4 Å². The zero-order valence-corrected chi connectivity index (χ0v) is 16.0. The van der Waals surface area contributed by atoms with Gasteiger partial charge in [0.15, 0.2) is 5.96 Å². The van der Waals surface area contributed by atoms with E-state index in [-0.39, 0.29) is 24.0 Å². The van der Waals surface area contributed by atoms with Crippen LogP contribution in [-0.2, 0) is 6.54 Å². The lowest BCUT2D eigenvalue weighted by molar-refractivity contribution is 0.151. The molecule has 1 N–H and O–H groups in total. The van der Waals surface area contributed by atoms with Crippen molar-refractivity contribution < 1.29 is 0 Å². The van der Waals surface area contributed by atoms with Gasteiger partial charge in [0.25, 0.3) is 0 Å². The van der Waals surface area contributed by atoms with Gasteiger partial charge in [-0.25, -0.2) is 4.99 Å². The number of nitriles is 1. The fourth-order valence-corrected chi connectivity index (χ4v) is 3.53. The third kappa shape index (κ3) is 4.17. The highest BCUT2D eigenvalue weighted by Gasteiger charge is 2.43. The van der Waals surface area contributed by atoms with E-state index in [9.17, 15) is 0 Å². The third-order valence-electron chi connectivity index (χ3n) is 4.95. The van der Waals surface area contributed by atoms with E-state index in [0.29, 0.717) is 17.5 Å². The van der Waals surface area contributed by atoms with Crippen LogP contribution in [0.1, 0.15) is 43.7 Å². The predicted molar refractivity (Wildman–Crippen MR) is 104 cm³/mol. The molecule has 4 nitrogen and oxygen atoms in total. The summed E-state index contributed by atoms with van der Waals surface area (Å²) in [5.41, 5.74) is 2.37. The van der Waals surface area contributed by atoms with Gasteiger partial charge in [-0.05, 0) is 49.3 Å². The lowest BCUT2D eigenvalue weighted by Gasteiger charge is -2.38. The van der Waals surface area contributed by atoms with Gasteiger partial charge in [-0.2, -0.15) is 5.26 Å². The van der Waals surface area contributed by atoms with Crippen LogP contribution in [0.3, 0.4) is 0 Å². The smallest absolute Gasteiger partial charge is 0.194 e. The Morgan fingerprint density at radius 3 is 2.83 bits per heavy atom. The molecule has 0 atom stereocenters. The van der Waals surface area contributed by atoms with Crippen LogP contribution in [0.25, 0.3) is 0 Å². The van der Waals surface area contributed by atoms with Gasteiger partial charge < -0.3 is 10.2 Å². The summed E-state index contributed by atoms with van der Waals surface area (Å²) in [5, 5.41) is 12.4. The monoisotopic (exact) mass is 424 g/mol. The molecule has 1 aromatic carbocycles. The Hall–Kier alpha value is -1.29. The van der Waals surface area contributed by atoms with E-state index in [1.165, 1.54) is 25.7 Å². The van der Waals surface area contributed by atoms with E-state index >= 15 is 0 Å². The minimum Gasteiger partial charge on any atom is -0.357 e. The lowest BCUT2D eigenvalue weighted by Crippen LogP contribution is -2.42. The van der Waals surface area contributed by atoms with E-state index in [4.69, 9.17) is 10.3 Å². The van der Waals surface area contributed by atoms with Gasteiger partial charge in [0.1, 0.15) is 0 Å². The van der Waals surface area contributed by atoms with Crippen LogP contribution in [0.2, 0.25) is 0 Å². The maximum Gasteiger partial charge on any atom is 0.194 e. The largest absolute Gasteiger partial charge is 0.357 e. The van der Waals surface area contributed by atoms with Gasteiger partial charge in [0.2, 0.25) is 0 Å². The van der Waals surface area contributed by atoms with Crippen molar-refractivity contribution in [3.8, 4) is 6.07 Å². The third-order valence-corrected chi connectivity index (χ3v) is 4.95. The van der Waals surface area contributed by atoms with Crippen LogP contribution < -0.4 is 5.32 Å². The predicted octanol–water partition coefficient (Wildman–Crippen LogP) is 3.52. The van der Waals surface area contributed by atoms with Crippen molar-refractivity contribution in [1.82, 2.24) is 10.2 Å². The fourth-order valence-electron chi connectivity index (χ4n) is 3.53. The highest BCUT2D eigenvalue weighted by Crippen LogP contribution is 2.47. The molecule has 1 aromatic rings. The molecule has 1 saturated carbocycles. The number of rotatable bonds is 3. The van der Waals surface area contributed by atoms with Crippen LogP contribution in [-0.4, -0.2) is 30.5 Å². The second kappa shape index (κ2) is 8.00. The summed E-state index contributed by atoms with van der Waals surface area (Å²) in [4.78, 5) is 7.20. The molecule has 0 unspecified atom stereocenters. The summed E-state index contributed by atoms with van der Waals surface area (Å²) < 4.78 is 0. The summed E-state index contributed by atoms with van der Waals surface area (Å²) in [5.74, 6) is 1.02. The normalized spacial score (nSPS) is 19.0. The molecule has 1 aliphatic heterocycles. The standard InChI is InChI=1S/C18H24N4.HI/c1-2-20-17(22-10-9-18(14-22)7-4-8-18)21-13-16-6-3-5-15(11-16)12-19;/h3,5-6,11H,2,4,7-10,13-14H2,1H3,(H,20,21);1H. The Bertz CT molecular complexity index is 601. The lowest BCUT2D eigenvalue weighted by atomic mass is 9.68. The van der Waals surface area contributed by atoms with E-state index in [1.807, 2.05) is 24.3 Å². The molecule has 1 heterocycles. The number of hydrogen-bond acceptors (Lipinski definition) is 2. The van der Waals surface area contributed by atoms with Crippen molar-refractivity contribution in [3.63, 3.8) is 0 Å². The van der Waals surface area contributed by atoms with E-state index in [2.05, 4.69) is 23.2 Å². The minimum atomic E-state index is 0. The summed E-state index contributed by atoms with van der Waals surface area (Å²) in [6, 6.07) is 9.90. The first-order chi connectivity index (χ1) is 10.7. The van der Waals surface area contributed by atoms with Crippen molar-refractivity contribution in [1.29, 1.82) is 5.26 Å². The molecule has 0 radical (unpaired) electrons. The molecule has 3 rings (SSSR count). The van der Waals surface area contributed by atoms with Gasteiger partial charge in [0.05, 0.1) is 18.2 Å². The van der Waals surface area contributed by atoms with E-state index in [1.54, 1.807) is 0 Å². The molecule has 2 aliphatic rings. The first kappa shape index (κ1) is 18.1. The van der Waals surface area contributed by atoms with Crippen LogP contribution in [0.15, 0.2) is 29.3 Å². The molecule has 1 spiro atoms. The first-order valence-electron chi connectivity index (χ1n) is 8.27. The zero-order valence-electron chi connectivity index (χ0n) is 13.7. The molecular formula is C18H25IN4. The number of benzene rings is 1. The minimum absolute atomic E-state index is 0. The van der Waals surface area contributed by atoms with Crippen molar-refractivity contribution in [3.05, 3.63) is 35.4 Å². The Labute approximate surface area is 156 Å². The Morgan fingerprint density at radius 2 is 2.22 bits per heavy atom. The first-order valence-corrected chi connectivity index (χ1v) is 8.27. The molecule has 124 valence electrons. The topological polar surface area (TPSA) is 51.4 Å². The Kier molecular flexibility index (Phi) is 6.28. The van der Waals surface area contributed by atoms with Crippen molar-refractivity contribution in [2.75, 3.05) is 19.6 Å². The molecule has 23 heavy (non-hydrogen) atoms. The summed E-state index contributed by atoms with van der Waals surface area (Å²) in [6.07, 6.45) is 5.46. The molecular weight excluding hydrogens is 399 g/mol. The number of halogens is 1. The Balaban J connectivity index is 0.00000192. The number of hydrogen-bond donors (Lipinski definition) is 1. The van der Waals surface area contributed by atoms with E-state index in [0.717, 1.165) is 31.2 Å². The van der Waals surface area contributed by atoms with Crippen LogP contribution in [0, 0.1) is 16.7 Å². The highest BCUT2D eigenvalue weighted by molar-refractivity contribution is 14.0. The average molecular weight is 424 g/mol. The average Bonchev–Trinajstić information content (AvgIpc) is 2.97. The second-order valence-corrected chi connectivity index (χ2v) is 6.51. The molecule has 0 bridgehead atoms. The number of guanidine groups is 1. The van der Waals surface area contributed by atoms with E-state index < -0.39 is 0 Å². The number of aliphatic imine (C=N–C) groups is 1. The van der Waals surface area contributed by atoms with Crippen LogP contribution in [0.5, 0.6) is 0 Å². The van der Waals surface area contributed by atoms with Crippen molar-refractivity contribution in [2.45, 2.75) is 39.2 Å². The summed E-state index contributed by atoms with van der Waals surface area (Å²) >= 11 is 0. The molecule has 1 saturated heterocycles. The zero-order chi connectivity index (χ0) is 15.4. The SMILES string of the molecule is CCNC(=NCc1cccc(C#N)c1)N1CCC2(CCC2)C1.I. The van der Waals surface area contributed by atoms with Gasteiger partial charge in [-0.1, -0.05) is 18.6 Å². The molecule has 0 amide bonds. The maximum atomic E-state index is 8.98. The summed E-state index contributed by atoms with van der Waals surface area (Å²) in [7, 11) is 0. The fraction of sp³-hybridized carbons (Fsp3) is 0.556. The Morgan fingerprint density at radius 1 is 1.39 bits per heavy atom. The molecule has 0 aromatic heterocycles. The maximum absolute atomic E-state index is 8.98. The number of nitrogens with zero attached hydrogens (tertiary/aromatic N) is 3. The van der Waals surface area contributed by atoms with Gasteiger partial charge in [-0.3, -0.25) is 0 Å². The summed E-state index contributed by atoms with van der Waals surface area (Å²) in [6.45, 7) is 5.89. The second-order valence-electron chi connectivity index (χ2n) is 6.51.